The highest BCUT2D eigenvalue weighted by Crippen LogP contribution is 2.32. The molecule has 4 heteroatoms. The van der Waals surface area contributed by atoms with Crippen LogP contribution in [-0.2, 0) is 6.42 Å². The zero-order valence-electron chi connectivity index (χ0n) is 11.8. The van der Waals surface area contributed by atoms with Gasteiger partial charge in [0.25, 0.3) is 0 Å². The van der Waals surface area contributed by atoms with Crippen LogP contribution in [-0.4, -0.2) is 20.7 Å². The highest BCUT2D eigenvalue weighted by atomic mass is 19.1. The van der Waals surface area contributed by atoms with Gasteiger partial charge in [-0.2, -0.15) is 0 Å². The van der Waals surface area contributed by atoms with E-state index in [1.165, 1.54) is 12.1 Å². The number of halogens is 1. The van der Waals surface area contributed by atoms with Crippen molar-refractivity contribution in [3.05, 3.63) is 53.8 Å². The predicted octanol–water partition coefficient (Wildman–Crippen LogP) is 3.10. The summed E-state index contributed by atoms with van der Waals surface area (Å²) in [6.45, 7) is 0.501. The third kappa shape index (κ3) is 3.08. The maximum absolute atomic E-state index is 13.7. The van der Waals surface area contributed by atoms with Gasteiger partial charge in [-0.25, -0.2) is 4.39 Å². The highest BCUT2D eigenvalue weighted by molar-refractivity contribution is 5.69. The van der Waals surface area contributed by atoms with Gasteiger partial charge in [0.15, 0.2) is 0 Å². The third-order valence-electron chi connectivity index (χ3n) is 3.21. The van der Waals surface area contributed by atoms with Gasteiger partial charge in [0.2, 0.25) is 0 Å². The van der Waals surface area contributed by atoms with Gasteiger partial charge in [-0.3, -0.25) is 0 Å². The maximum Gasteiger partial charge on any atom is 0.142 e. The normalized spacial score (nSPS) is 10.4. The summed E-state index contributed by atoms with van der Waals surface area (Å²) in [5, 5.41) is 0. The summed E-state index contributed by atoms with van der Waals surface area (Å²) in [6.07, 6.45) is 0.657. The average Bonchev–Trinajstić information content (AvgIpc) is 2.46. The Bertz CT molecular complexity index is 586. The fourth-order valence-corrected chi connectivity index (χ4v) is 2.18. The molecule has 0 saturated carbocycles. The van der Waals surface area contributed by atoms with E-state index in [1.807, 2.05) is 42.3 Å². The molecule has 20 heavy (non-hydrogen) atoms. The molecule has 0 fully saturated rings. The van der Waals surface area contributed by atoms with Crippen LogP contribution in [0.1, 0.15) is 5.56 Å². The van der Waals surface area contributed by atoms with Gasteiger partial charge in [0.05, 0.1) is 12.8 Å². The van der Waals surface area contributed by atoms with Crippen LogP contribution in [0.15, 0.2) is 42.5 Å². The van der Waals surface area contributed by atoms with Crippen molar-refractivity contribution in [2.75, 3.05) is 25.6 Å². The Kier molecular flexibility index (Phi) is 4.58. The molecule has 0 aliphatic heterocycles. The predicted molar refractivity (Wildman–Crippen MR) is 80.2 cm³/mol. The summed E-state index contributed by atoms with van der Waals surface area (Å²) in [5.41, 5.74) is 8.09. The van der Waals surface area contributed by atoms with Crippen molar-refractivity contribution in [2.24, 2.45) is 5.73 Å². The second-order valence-corrected chi connectivity index (χ2v) is 4.59. The van der Waals surface area contributed by atoms with E-state index < -0.39 is 0 Å². The molecule has 106 valence electrons. The zero-order valence-corrected chi connectivity index (χ0v) is 11.8. The van der Waals surface area contributed by atoms with E-state index in [9.17, 15) is 4.39 Å². The Labute approximate surface area is 118 Å². The quantitative estimate of drug-likeness (QED) is 0.910. The van der Waals surface area contributed by atoms with E-state index in [0.29, 0.717) is 13.0 Å². The van der Waals surface area contributed by atoms with Gasteiger partial charge < -0.3 is 15.4 Å². The number of ether oxygens (including phenoxy) is 1. The summed E-state index contributed by atoms with van der Waals surface area (Å²) in [6, 6.07) is 12.6. The lowest BCUT2D eigenvalue weighted by Gasteiger charge is -2.22. The molecular formula is C16H19FN2O. The average molecular weight is 274 g/mol. The van der Waals surface area contributed by atoms with Crippen LogP contribution in [0.4, 0.5) is 15.8 Å². The minimum atomic E-state index is -0.257. The summed E-state index contributed by atoms with van der Waals surface area (Å²) >= 11 is 0. The molecule has 0 aliphatic carbocycles. The van der Waals surface area contributed by atoms with E-state index in [2.05, 4.69) is 0 Å². The summed E-state index contributed by atoms with van der Waals surface area (Å²) in [4.78, 5) is 1.90. The number of hydrogen-bond donors (Lipinski definition) is 1. The molecule has 0 saturated heterocycles. The van der Waals surface area contributed by atoms with Crippen LogP contribution in [0.2, 0.25) is 0 Å². The fourth-order valence-electron chi connectivity index (χ4n) is 2.18. The Morgan fingerprint density at radius 3 is 2.65 bits per heavy atom. The smallest absolute Gasteiger partial charge is 0.142 e. The molecule has 0 aliphatic rings. The number of rotatable bonds is 5. The SMILES string of the molecule is COc1ccccc1N(C)c1cc(F)cc(CCN)c1. The largest absolute Gasteiger partial charge is 0.495 e. The fraction of sp³-hybridized carbons (Fsp3) is 0.250. The van der Waals surface area contributed by atoms with Crippen LogP contribution in [0.5, 0.6) is 5.75 Å². The van der Waals surface area contributed by atoms with Crippen LogP contribution in [0, 0.1) is 5.82 Å². The molecular weight excluding hydrogens is 255 g/mol. The minimum absolute atomic E-state index is 0.257. The summed E-state index contributed by atoms with van der Waals surface area (Å²) in [5.74, 6) is 0.493. The van der Waals surface area contributed by atoms with Crippen molar-refractivity contribution in [1.29, 1.82) is 0 Å². The Morgan fingerprint density at radius 2 is 1.95 bits per heavy atom. The highest BCUT2D eigenvalue weighted by Gasteiger charge is 2.11. The number of benzene rings is 2. The number of nitrogens with two attached hydrogens (primary N) is 1. The van der Waals surface area contributed by atoms with Gasteiger partial charge in [-0.15, -0.1) is 0 Å². The molecule has 2 rings (SSSR count). The molecule has 0 unspecified atom stereocenters. The minimum Gasteiger partial charge on any atom is -0.495 e. The monoisotopic (exact) mass is 274 g/mol. The first-order valence-corrected chi connectivity index (χ1v) is 6.52. The third-order valence-corrected chi connectivity index (χ3v) is 3.21. The Hall–Kier alpha value is -2.07. The van der Waals surface area contributed by atoms with Crippen LogP contribution < -0.4 is 15.4 Å². The molecule has 0 radical (unpaired) electrons. The van der Waals surface area contributed by atoms with E-state index in [0.717, 1.165) is 22.7 Å². The number of anilines is 2. The molecule has 0 spiro atoms. The van der Waals surface area contributed by atoms with E-state index in [-0.39, 0.29) is 5.82 Å². The van der Waals surface area contributed by atoms with Crippen molar-refractivity contribution in [1.82, 2.24) is 0 Å². The molecule has 0 amide bonds. The van der Waals surface area contributed by atoms with Gasteiger partial charge in [-0.05, 0) is 48.9 Å². The standard InChI is InChI=1S/C16H19FN2O/c1-19(15-5-3-4-6-16(15)20-2)14-10-12(7-8-18)9-13(17)11-14/h3-6,9-11H,7-8,18H2,1-2H3. The molecule has 3 nitrogen and oxygen atoms in total. The van der Waals surface area contributed by atoms with Crippen LogP contribution in [0.25, 0.3) is 0 Å². The summed E-state index contributed by atoms with van der Waals surface area (Å²) < 4.78 is 19.1. The van der Waals surface area contributed by atoms with Crippen molar-refractivity contribution < 1.29 is 9.13 Å². The first kappa shape index (κ1) is 14.3. The summed E-state index contributed by atoms with van der Waals surface area (Å²) in [7, 11) is 3.51. The number of methoxy groups -OCH3 is 1. The lowest BCUT2D eigenvalue weighted by atomic mass is 10.1. The number of nitrogens with zero attached hydrogens (tertiary/aromatic N) is 1. The second-order valence-electron chi connectivity index (χ2n) is 4.59. The Morgan fingerprint density at radius 1 is 1.20 bits per heavy atom. The van der Waals surface area contributed by atoms with Gasteiger partial charge >= 0.3 is 0 Å². The van der Waals surface area contributed by atoms with Crippen molar-refractivity contribution >= 4 is 11.4 Å². The molecule has 2 aromatic rings. The lowest BCUT2D eigenvalue weighted by Crippen LogP contribution is -2.12. The van der Waals surface area contributed by atoms with Gasteiger partial charge in [0.1, 0.15) is 11.6 Å². The van der Waals surface area contributed by atoms with Crippen molar-refractivity contribution in [3.8, 4) is 5.75 Å². The molecule has 0 bridgehead atoms. The van der Waals surface area contributed by atoms with E-state index in [1.54, 1.807) is 7.11 Å². The van der Waals surface area contributed by atoms with Crippen molar-refractivity contribution in [3.63, 3.8) is 0 Å². The van der Waals surface area contributed by atoms with Crippen LogP contribution >= 0.6 is 0 Å². The van der Waals surface area contributed by atoms with Crippen molar-refractivity contribution in [2.45, 2.75) is 6.42 Å². The lowest BCUT2D eigenvalue weighted by molar-refractivity contribution is 0.415. The number of para-hydroxylation sites is 2. The van der Waals surface area contributed by atoms with Gasteiger partial charge in [0, 0.05) is 12.7 Å². The first-order valence-electron chi connectivity index (χ1n) is 6.52. The number of hydrogen-bond acceptors (Lipinski definition) is 3. The molecule has 2 aromatic carbocycles. The topological polar surface area (TPSA) is 38.5 Å². The molecule has 0 atom stereocenters. The van der Waals surface area contributed by atoms with Gasteiger partial charge in [-0.1, -0.05) is 12.1 Å². The van der Waals surface area contributed by atoms with E-state index >= 15 is 0 Å². The Balaban J connectivity index is 2.39. The molecule has 0 aromatic heterocycles. The zero-order chi connectivity index (χ0) is 14.5. The molecule has 0 heterocycles. The molecule has 2 N–H and O–H groups in total. The second kappa shape index (κ2) is 6.39. The first-order chi connectivity index (χ1) is 9.65. The van der Waals surface area contributed by atoms with E-state index in [4.69, 9.17) is 10.5 Å². The maximum atomic E-state index is 13.7. The van der Waals surface area contributed by atoms with Crippen LogP contribution in [0.3, 0.4) is 0 Å².